The van der Waals surface area contributed by atoms with E-state index in [-0.39, 0.29) is 0 Å². The highest BCUT2D eigenvalue weighted by atomic mass is 32.2. The molecule has 2 heterocycles. The van der Waals surface area contributed by atoms with E-state index >= 15 is 0 Å². The maximum atomic E-state index is 3.77. The van der Waals surface area contributed by atoms with Crippen molar-refractivity contribution in [3.63, 3.8) is 0 Å². The summed E-state index contributed by atoms with van der Waals surface area (Å²) in [6.07, 6.45) is 0. The molecule has 104 valence electrons. The Morgan fingerprint density at radius 3 is 3.00 bits per heavy atom. The van der Waals surface area contributed by atoms with Gasteiger partial charge >= 0.3 is 0 Å². The molecule has 1 N–H and O–H groups in total. The Labute approximate surface area is 120 Å². The topological polar surface area (TPSA) is 18.5 Å². The highest BCUT2D eigenvalue weighted by molar-refractivity contribution is 7.99. The molecular formula is C15H23N3S. The van der Waals surface area contributed by atoms with Gasteiger partial charge in [-0.05, 0) is 25.7 Å². The lowest BCUT2D eigenvalue weighted by atomic mass is 10.1. The van der Waals surface area contributed by atoms with Crippen molar-refractivity contribution in [3.8, 4) is 0 Å². The number of nitrogens with one attached hydrogen (secondary N) is 1. The Hall–Kier alpha value is -0.550. The molecule has 0 radical (unpaired) electrons. The molecule has 2 aliphatic rings. The first-order valence-corrected chi connectivity index (χ1v) is 8.06. The Morgan fingerprint density at radius 2 is 2.11 bits per heavy atom. The third kappa shape index (κ3) is 2.97. The number of hydrogen-bond donors (Lipinski definition) is 1. The number of nitrogens with zero attached hydrogens (tertiary/aromatic N) is 2. The second-order valence-corrected chi connectivity index (χ2v) is 6.77. The van der Waals surface area contributed by atoms with Crippen LogP contribution < -0.4 is 5.32 Å². The van der Waals surface area contributed by atoms with E-state index in [1.165, 1.54) is 35.8 Å². The fraction of sp³-hybridized carbons (Fsp3) is 0.600. The lowest BCUT2D eigenvalue weighted by Gasteiger charge is -2.38. The minimum atomic E-state index is 0.529. The molecule has 2 unspecified atom stereocenters. The SMILES string of the molecule is CN1CCN(C)C(CNC2CSc3ccccc32)C1. The van der Waals surface area contributed by atoms with Crippen molar-refractivity contribution in [2.45, 2.75) is 17.0 Å². The molecule has 0 aliphatic carbocycles. The molecule has 0 amide bonds. The van der Waals surface area contributed by atoms with Gasteiger partial charge in [0, 0.05) is 48.9 Å². The van der Waals surface area contributed by atoms with Gasteiger partial charge in [0.2, 0.25) is 0 Å². The van der Waals surface area contributed by atoms with Crippen LogP contribution in [-0.2, 0) is 0 Å². The van der Waals surface area contributed by atoms with Crippen LogP contribution in [0.2, 0.25) is 0 Å². The predicted molar refractivity (Wildman–Crippen MR) is 81.8 cm³/mol. The number of thioether (sulfide) groups is 1. The summed E-state index contributed by atoms with van der Waals surface area (Å²) in [5, 5.41) is 3.77. The third-order valence-electron chi connectivity index (χ3n) is 4.28. The Bertz CT molecular complexity index is 437. The van der Waals surface area contributed by atoms with Crippen LogP contribution in [0.25, 0.3) is 0 Å². The maximum absolute atomic E-state index is 3.77. The molecule has 2 atom stereocenters. The van der Waals surface area contributed by atoms with E-state index < -0.39 is 0 Å². The molecule has 0 saturated carbocycles. The van der Waals surface area contributed by atoms with Gasteiger partial charge in [-0.3, -0.25) is 4.90 Å². The summed E-state index contributed by atoms with van der Waals surface area (Å²) in [6, 6.07) is 9.96. The van der Waals surface area contributed by atoms with E-state index in [2.05, 4.69) is 53.5 Å². The van der Waals surface area contributed by atoms with Crippen LogP contribution in [0.15, 0.2) is 29.2 Å². The highest BCUT2D eigenvalue weighted by Crippen LogP contribution is 2.37. The Balaban J connectivity index is 1.58. The summed E-state index contributed by atoms with van der Waals surface area (Å²) in [6.45, 7) is 4.62. The molecule has 4 heteroatoms. The maximum Gasteiger partial charge on any atom is 0.0427 e. The highest BCUT2D eigenvalue weighted by Gasteiger charge is 2.26. The molecule has 2 aliphatic heterocycles. The number of rotatable bonds is 3. The molecule has 0 aromatic heterocycles. The van der Waals surface area contributed by atoms with Gasteiger partial charge in [-0.25, -0.2) is 0 Å². The largest absolute Gasteiger partial charge is 0.308 e. The standard InChI is InChI=1S/C15H23N3S/c1-17-7-8-18(2)12(10-17)9-16-14-11-19-15-6-4-3-5-13(14)15/h3-6,12,14,16H,7-11H2,1-2H3. The molecular weight excluding hydrogens is 254 g/mol. The smallest absolute Gasteiger partial charge is 0.0427 e. The fourth-order valence-electron chi connectivity index (χ4n) is 2.93. The normalized spacial score (nSPS) is 28.5. The van der Waals surface area contributed by atoms with Gasteiger partial charge in [-0.2, -0.15) is 0 Å². The Kier molecular flexibility index (Phi) is 4.12. The number of likely N-dealkylation sites (N-methyl/N-ethyl adjacent to an activating group) is 2. The molecule has 3 nitrogen and oxygen atoms in total. The summed E-state index contributed by atoms with van der Waals surface area (Å²) in [5.41, 5.74) is 1.49. The van der Waals surface area contributed by atoms with Crippen LogP contribution in [0.3, 0.4) is 0 Å². The van der Waals surface area contributed by atoms with Crippen LogP contribution in [0.1, 0.15) is 11.6 Å². The molecule has 1 aromatic carbocycles. The van der Waals surface area contributed by atoms with E-state index in [9.17, 15) is 0 Å². The van der Waals surface area contributed by atoms with Crippen molar-refractivity contribution >= 4 is 11.8 Å². The molecule has 0 bridgehead atoms. The molecule has 1 aromatic rings. The summed E-state index contributed by atoms with van der Waals surface area (Å²) >= 11 is 1.98. The summed E-state index contributed by atoms with van der Waals surface area (Å²) in [5.74, 6) is 1.17. The van der Waals surface area contributed by atoms with E-state index in [0.29, 0.717) is 12.1 Å². The number of piperazine rings is 1. The van der Waals surface area contributed by atoms with E-state index in [0.717, 1.165) is 6.54 Å². The van der Waals surface area contributed by atoms with Crippen molar-refractivity contribution < 1.29 is 0 Å². The zero-order valence-corrected chi connectivity index (χ0v) is 12.6. The van der Waals surface area contributed by atoms with E-state index in [1.54, 1.807) is 0 Å². The number of benzene rings is 1. The first-order valence-electron chi connectivity index (χ1n) is 7.08. The van der Waals surface area contributed by atoms with Crippen LogP contribution in [0.4, 0.5) is 0 Å². The Morgan fingerprint density at radius 1 is 1.26 bits per heavy atom. The van der Waals surface area contributed by atoms with Crippen molar-refractivity contribution in [2.75, 3.05) is 46.0 Å². The van der Waals surface area contributed by atoms with Crippen molar-refractivity contribution in [1.82, 2.24) is 15.1 Å². The average Bonchev–Trinajstić information content (AvgIpc) is 2.83. The average molecular weight is 277 g/mol. The van der Waals surface area contributed by atoms with Crippen LogP contribution >= 0.6 is 11.8 Å². The minimum absolute atomic E-state index is 0.529. The van der Waals surface area contributed by atoms with Gasteiger partial charge in [-0.15, -0.1) is 11.8 Å². The second-order valence-electron chi connectivity index (χ2n) is 5.71. The fourth-order valence-corrected chi connectivity index (χ4v) is 4.13. The zero-order valence-electron chi connectivity index (χ0n) is 11.8. The van der Waals surface area contributed by atoms with Crippen LogP contribution in [0, 0.1) is 0 Å². The van der Waals surface area contributed by atoms with Crippen LogP contribution in [0.5, 0.6) is 0 Å². The first-order chi connectivity index (χ1) is 9.24. The van der Waals surface area contributed by atoms with Gasteiger partial charge < -0.3 is 10.2 Å². The molecule has 1 fully saturated rings. The third-order valence-corrected chi connectivity index (χ3v) is 5.46. The summed E-state index contributed by atoms with van der Waals surface area (Å²) in [4.78, 5) is 6.37. The van der Waals surface area contributed by atoms with Gasteiger partial charge in [0.15, 0.2) is 0 Å². The van der Waals surface area contributed by atoms with Crippen LogP contribution in [-0.4, -0.2) is 61.9 Å². The number of fused-ring (bicyclic) bond motifs is 1. The first kappa shape index (κ1) is 13.4. The quantitative estimate of drug-likeness (QED) is 0.905. The van der Waals surface area contributed by atoms with Crippen molar-refractivity contribution in [2.24, 2.45) is 0 Å². The zero-order chi connectivity index (χ0) is 13.2. The molecule has 3 rings (SSSR count). The minimum Gasteiger partial charge on any atom is -0.308 e. The predicted octanol–water partition coefficient (Wildman–Crippen LogP) is 1.67. The molecule has 0 spiro atoms. The lowest BCUT2D eigenvalue weighted by molar-refractivity contribution is 0.112. The van der Waals surface area contributed by atoms with Crippen molar-refractivity contribution in [1.29, 1.82) is 0 Å². The van der Waals surface area contributed by atoms with E-state index in [4.69, 9.17) is 0 Å². The monoisotopic (exact) mass is 277 g/mol. The molecule has 1 saturated heterocycles. The van der Waals surface area contributed by atoms with Crippen molar-refractivity contribution in [3.05, 3.63) is 29.8 Å². The lowest BCUT2D eigenvalue weighted by Crippen LogP contribution is -2.54. The molecule has 19 heavy (non-hydrogen) atoms. The second kappa shape index (κ2) is 5.83. The van der Waals surface area contributed by atoms with E-state index in [1.807, 2.05) is 11.8 Å². The van der Waals surface area contributed by atoms with Gasteiger partial charge in [0.05, 0.1) is 0 Å². The van der Waals surface area contributed by atoms with Gasteiger partial charge in [-0.1, -0.05) is 18.2 Å². The summed E-state index contributed by atoms with van der Waals surface area (Å²) < 4.78 is 0. The number of hydrogen-bond acceptors (Lipinski definition) is 4. The summed E-state index contributed by atoms with van der Waals surface area (Å²) in [7, 11) is 4.47. The van der Waals surface area contributed by atoms with Gasteiger partial charge in [0.1, 0.15) is 0 Å². The van der Waals surface area contributed by atoms with Gasteiger partial charge in [0.25, 0.3) is 0 Å².